The number of carbonyl (C=O) groups is 1. The first kappa shape index (κ1) is 11.6. The van der Waals surface area contributed by atoms with Gasteiger partial charge in [-0.25, -0.2) is 14.8 Å². The van der Waals surface area contributed by atoms with Gasteiger partial charge in [-0.2, -0.15) is 0 Å². The Morgan fingerprint density at radius 1 is 1.53 bits per heavy atom. The van der Waals surface area contributed by atoms with E-state index in [1.807, 2.05) is 0 Å². The topological polar surface area (TPSA) is 80.5 Å². The summed E-state index contributed by atoms with van der Waals surface area (Å²) in [5, 5.41) is 9.77. The standard InChI is InChI=1S/C11H14N2O4/c1-16-10(15)9-6-5-12-11(17-2)13-7(6)3-4-8(9)14/h5-7,14H,3-4H2,1-2H3. The number of rotatable bonds is 1. The first-order chi connectivity index (χ1) is 8.17. The van der Waals surface area contributed by atoms with Crippen molar-refractivity contribution in [1.82, 2.24) is 0 Å². The van der Waals surface area contributed by atoms with Crippen molar-refractivity contribution in [2.45, 2.75) is 18.9 Å². The van der Waals surface area contributed by atoms with E-state index in [1.165, 1.54) is 14.2 Å². The fraction of sp³-hybridized carbons (Fsp3) is 0.545. The summed E-state index contributed by atoms with van der Waals surface area (Å²) in [5.74, 6) is -0.782. The van der Waals surface area contributed by atoms with Gasteiger partial charge in [0.05, 0.1) is 31.8 Å². The number of hydrogen-bond acceptors (Lipinski definition) is 6. The smallest absolute Gasteiger partial charge is 0.337 e. The van der Waals surface area contributed by atoms with Crippen molar-refractivity contribution in [1.29, 1.82) is 0 Å². The van der Waals surface area contributed by atoms with Gasteiger partial charge in [-0.1, -0.05) is 0 Å². The van der Waals surface area contributed by atoms with E-state index in [4.69, 9.17) is 4.74 Å². The summed E-state index contributed by atoms with van der Waals surface area (Å²) in [7, 11) is 2.78. The minimum Gasteiger partial charge on any atom is -0.512 e. The van der Waals surface area contributed by atoms with Crippen LogP contribution in [-0.2, 0) is 14.3 Å². The molecule has 0 aromatic rings. The van der Waals surface area contributed by atoms with Gasteiger partial charge in [0.2, 0.25) is 0 Å². The highest BCUT2D eigenvalue weighted by Crippen LogP contribution is 2.32. The predicted octanol–water partition coefficient (Wildman–Crippen LogP) is 0.837. The Bertz CT molecular complexity index is 425. The van der Waals surface area contributed by atoms with Gasteiger partial charge in [0.25, 0.3) is 0 Å². The zero-order valence-corrected chi connectivity index (χ0v) is 9.71. The van der Waals surface area contributed by atoms with E-state index >= 15 is 0 Å². The molecular weight excluding hydrogens is 224 g/mol. The Morgan fingerprint density at radius 2 is 2.29 bits per heavy atom. The van der Waals surface area contributed by atoms with Gasteiger partial charge in [0, 0.05) is 12.6 Å². The number of allylic oxidation sites excluding steroid dienone is 1. The van der Waals surface area contributed by atoms with Crippen LogP contribution in [0.2, 0.25) is 0 Å². The van der Waals surface area contributed by atoms with Crippen molar-refractivity contribution >= 4 is 18.2 Å². The third kappa shape index (κ3) is 2.02. The summed E-state index contributed by atoms with van der Waals surface area (Å²) in [6.07, 6.45) is 2.66. The normalized spacial score (nSPS) is 27.3. The van der Waals surface area contributed by atoms with Crippen LogP contribution >= 0.6 is 0 Å². The number of aliphatic hydroxyl groups excluding tert-OH is 1. The van der Waals surface area contributed by atoms with Gasteiger partial charge in [-0.15, -0.1) is 0 Å². The molecule has 92 valence electrons. The number of nitrogens with zero attached hydrogens (tertiary/aromatic N) is 2. The minimum absolute atomic E-state index is 0.0700. The molecule has 0 radical (unpaired) electrons. The Kier molecular flexibility index (Phi) is 3.12. The lowest BCUT2D eigenvalue weighted by Crippen LogP contribution is -2.35. The minimum atomic E-state index is -0.528. The second-order valence-electron chi connectivity index (χ2n) is 3.88. The lowest BCUT2D eigenvalue weighted by molar-refractivity contribution is -0.137. The molecule has 0 fully saturated rings. The van der Waals surface area contributed by atoms with Gasteiger partial charge < -0.3 is 14.6 Å². The van der Waals surface area contributed by atoms with Crippen LogP contribution in [0.3, 0.4) is 0 Å². The fourth-order valence-electron chi connectivity index (χ4n) is 2.09. The molecule has 2 aliphatic rings. The van der Waals surface area contributed by atoms with E-state index < -0.39 is 5.97 Å². The molecule has 1 aliphatic carbocycles. The molecular formula is C11H14N2O4. The van der Waals surface area contributed by atoms with Gasteiger partial charge in [0.15, 0.2) is 0 Å². The molecule has 1 aliphatic heterocycles. The number of esters is 1. The van der Waals surface area contributed by atoms with Crippen molar-refractivity contribution in [3.05, 3.63) is 11.3 Å². The largest absolute Gasteiger partial charge is 0.512 e. The summed E-state index contributed by atoms with van der Waals surface area (Å²) in [5.41, 5.74) is 0.256. The average molecular weight is 238 g/mol. The third-order valence-corrected chi connectivity index (χ3v) is 2.95. The van der Waals surface area contributed by atoms with Crippen LogP contribution in [0.25, 0.3) is 0 Å². The van der Waals surface area contributed by atoms with Crippen LogP contribution in [0.5, 0.6) is 0 Å². The SMILES string of the molecule is COC(=O)C1=C(O)CCC2N=C(OC)N=CC12. The number of carbonyl (C=O) groups excluding carboxylic acids is 1. The highest BCUT2D eigenvalue weighted by molar-refractivity contribution is 5.97. The highest BCUT2D eigenvalue weighted by Gasteiger charge is 2.37. The van der Waals surface area contributed by atoms with E-state index in [2.05, 4.69) is 14.7 Å². The van der Waals surface area contributed by atoms with Crippen molar-refractivity contribution in [2.24, 2.45) is 15.9 Å². The average Bonchev–Trinajstić information content (AvgIpc) is 2.37. The number of amidine groups is 1. The summed E-state index contributed by atoms with van der Waals surface area (Å²) in [6, 6.07) is 0.185. The first-order valence-corrected chi connectivity index (χ1v) is 5.33. The van der Waals surface area contributed by atoms with E-state index in [0.29, 0.717) is 18.9 Å². The zero-order chi connectivity index (χ0) is 12.4. The molecule has 2 atom stereocenters. The summed E-state index contributed by atoms with van der Waals surface area (Å²) < 4.78 is 9.61. The number of hydrogen-bond donors (Lipinski definition) is 1. The predicted molar refractivity (Wildman–Crippen MR) is 61.1 cm³/mol. The fourth-order valence-corrected chi connectivity index (χ4v) is 2.09. The molecule has 2 rings (SSSR count). The Labute approximate surface area is 98.7 Å². The molecule has 0 bridgehead atoms. The second-order valence-corrected chi connectivity index (χ2v) is 3.88. The Morgan fingerprint density at radius 3 is 2.94 bits per heavy atom. The molecule has 0 amide bonds. The van der Waals surface area contributed by atoms with Crippen LogP contribution in [0.1, 0.15) is 12.8 Å². The molecule has 6 nitrogen and oxygen atoms in total. The monoisotopic (exact) mass is 238 g/mol. The van der Waals surface area contributed by atoms with E-state index in [1.54, 1.807) is 6.21 Å². The lowest BCUT2D eigenvalue weighted by Gasteiger charge is -2.29. The quantitative estimate of drug-likeness (QED) is 0.686. The van der Waals surface area contributed by atoms with Gasteiger partial charge in [-0.05, 0) is 6.42 Å². The van der Waals surface area contributed by atoms with E-state index in [0.717, 1.165) is 0 Å². The second kappa shape index (κ2) is 4.57. The number of ether oxygens (including phenoxy) is 2. The number of aliphatic imine (C=N–C) groups is 2. The van der Waals surface area contributed by atoms with Crippen molar-refractivity contribution in [3.63, 3.8) is 0 Å². The van der Waals surface area contributed by atoms with Crippen LogP contribution < -0.4 is 0 Å². The zero-order valence-electron chi connectivity index (χ0n) is 9.71. The molecule has 1 heterocycles. The molecule has 1 N–H and O–H groups in total. The van der Waals surface area contributed by atoms with Crippen LogP contribution in [0.4, 0.5) is 0 Å². The number of aliphatic hydroxyl groups is 1. The van der Waals surface area contributed by atoms with Crippen molar-refractivity contribution in [3.8, 4) is 0 Å². The summed E-state index contributed by atoms with van der Waals surface area (Å²) in [6.45, 7) is 0. The molecule has 2 unspecified atom stereocenters. The molecule has 0 aromatic carbocycles. The number of methoxy groups -OCH3 is 2. The van der Waals surface area contributed by atoms with Crippen LogP contribution in [0.15, 0.2) is 21.3 Å². The molecule has 0 saturated carbocycles. The maximum atomic E-state index is 11.6. The molecule has 0 aromatic heterocycles. The van der Waals surface area contributed by atoms with E-state index in [-0.39, 0.29) is 23.3 Å². The van der Waals surface area contributed by atoms with Crippen LogP contribution in [0, 0.1) is 5.92 Å². The first-order valence-electron chi connectivity index (χ1n) is 5.33. The van der Waals surface area contributed by atoms with Crippen LogP contribution in [-0.4, -0.2) is 43.6 Å². The maximum Gasteiger partial charge on any atom is 0.337 e. The molecule has 0 saturated heterocycles. The number of fused-ring (bicyclic) bond motifs is 1. The summed E-state index contributed by atoms with van der Waals surface area (Å²) in [4.78, 5) is 19.9. The van der Waals surface area contributed by atoms with Gasteiger partial charge in [-0.3, -0.25) is 0 Å². The van der Waals surface area contributed by atoms with Crippen molar-refractivity contribution in [2.75, 3.05) is 14.2 Å². The summed E-state index contributed by atoms with van der Waals surface area (Å²) >= 11 is 0. The highest BCUT2D eigenvalue weighted by atomic mass is 16.5. The van der Waals surface area contributed by atoms with Crippen molar-refractivity contribution < 1.29 is 19.4 Å². The van der Waals surface area contributed by atoms with E-state index in [9.17, 15) is 9.90 Å². The third-order valence-electron chi connectivity index (χ3n) is 2.95. The molecule has 6 heteroatoms. The molecule has 17 heavy (non-hydrogen) atoms. The Hall–Kier alpha value is -1.85. The van der Waals surface area contributed by atoms with Gasteiger partial charge in [0.1, 0.15) is 5.76 Å². The maximum absolute atomic E-state index is 11.6. The lowest BCUT2D eigenvalue weighted by atomic mass is 9.82. The Balaban J connectivity index is 2.32. The molecule has 0 spiro atoms. The van der Waals surface area contributed by atoms with Gasteiger partial charge >= 0.3 is 12.0 Å².